The van der Waals surface area contributed by atoms with Gasteiger partial charge >= 0.3 is 0 Å². The molecule has 0 saturated heterocycles. The minimum atomic E-state index is -2.66. The number of benzene rings is 1. The second-order valence-corrected chi connectivity index (χ2v) is 3.33. The third kappa shape index (κ3) is 3.73. The van der Waals surface area contributed by atoms with Crippen molar-refractivity contribution in [2.75, 3.05) is 6.61 Å². The van der Waals surface area contributed by atoms with E-state index in [1.165, 1.54) is 0 Å². The largest absolute Gasteiger partial charge is 0.494 e. The summed E-state index contributed by atoms with van der Waals surface area (Å²) in [6.07, 6.45) is -0.242. The predicted molar refractivity (Wildman–Crippen MR) is 51.9 cm³/mol. The highest BCUT2D eigenvalue weighted by molar-refractivity contribution is 5.29. The van der Waals surface area contributed by atoms with Crippen molar-refractivity contribution >= 4 is 0 Å². The molecule has 0 radical (unpaired) electrons. The maximum absolute atomic E-state index is 12.7. The van der Waals surface area contributed by atoms with Crippen LogP contribution in [-0.2, 0) is 6.42 Å². The van der Waals surface area contributed by atoms with Crippen molar-refractivity contribution < 1.29 is 13.5 Å². The second kappa shape index (κ2) is 4.40. The Hall–Kier alpha value is -1.12. The zero-order chi connectivity index (χ0) is 10.6. The van der Waals surface area contributed by atoms with Gasteiger partial charge in [0.2, 0.25) is 5.92 Å². The zero-order valence-electron chi connectivity index (χ0n) is 8.39. The fourth-order valence-corrected chi connectivity index (χ4v) is 1.27. The SMILES string of the molecule is CCOc1cccc(CC(C)(F)F)c1. The Morgan fingerprint density at radius 3 is 2.64 bits per heavy atom. The number of hydrogen-bond acceptors (Lipinski definition) is 1. The standard InChI is InChI=1S/C11H14F2O/c1-3-14-10-6-4-5-9(7-10)8-11(2,12)13/h4-7H,3,8H2,1-2H3. The van der Waals surface area contributed by atoms with Crippen LogP contribution in [0.5, 0.6) is 5.75 Å². The van der Waals surface area contributed by atoms with Crippen LogP contribution in [0.2, 0.25) is 0 Å². The molecule has 14 heavy (non-hydrogen) atoms. The lowest BCUT2D eigenvalue weighted by molar-refractivity contribution is 0.0226. The minimum Gasteiger partial charge on any atom is -0.494 e. The first-order valence-corrected chi connectivity index (χ1v) is 4.61. The van der Waals surface area contributed by atoms with E-state index in [4.69, 9.17) is 4.74 Å². The van der Waals surface area contributed by atoms with E-state index in [2.05, 4.69) is 0 Å². The molecular weight excluding hydrogens is 186 g/mol. The summed E-state index contributed by atoms with van der Waals surface area (Å²) in [4.78, 5) is 0. The van der Waals surface area contributed by atoms with Gasteiger partial charge in [0.1, 0.15) is 5.75 Å². The van der Waals surface area contributed by atoms with Gasteiger partial charge in [-0.05, 0) is 31.5 Å². The lowest BCUT2D eigenvalue weighted by Gasteiger charge is -2.11. The van der Waals surface area contributed by atoms with Crippen molar-refractivity contribution in [3.63, 3.8) is 0 Å². The van der Waals surface area contributed by atoms with Crippen molar-refractivity contribution in [2.24, 2.45) is 0 Å². The molecule has 78 valence electrons. The summed E-state index contributed by atoms with van der Waals surface area (Å²) in [5.74, 6) is -2.01. The van der Waals surface area contributed by atoms with Crippen LogP contribution in [0.1, 0.15) is 19.4 Å². The van der Waals surface area contributed by atoms with Crippen molar-refractivity contribution in [2.45, 2.75) is 26.2 Å². The molecule has 3 heteroatoms. The Balaban J connectivity index is 2.73. The van der Waals surface area contributed by atoms with E-state index in [9.17, 15) is 8.78 Å². The molecule has 0 amide bonds. The monoisotopic (exact) mass is 200 g/mol. The van der Waals surface area contributed by atoms with Crippen molar-refractivity contribution in [3.05, 3.63) is 29.8 Å². The molecule has 1 nitrogen and oxygen atoms in total. The average molecular weight is 200 g/mol. The van der Waals surface area contributed by atoms with Crippen LogP contribution in [0.15, 0.2) is 24.3 Å². The van der Waals surface area contributed by atoms with E-state index in [1.807, 2.05) is 6.92 Å². The minimum absolute atomic E-state index is 0.242. The molecule has 0 fully saturated rings. The van der Waals surface area contributed by atoms with Crippen molar-refractivity contribution in [1.82, 2.24) is 0 Å². The van der Waals surface area contributed by atoms with E-state index >= 15 is 0 Å². The molecule has 0 N–H and O–H groups in total. The van der Waals surface area contributed by atoms with Crippen LogP contribution >= 0.6 is 0 Å². The molecule has 0 bridgehead atoms. The van der Waals surface area contributed by atoms with Crippen LogP contribution in [-0.4, -0.2) is 12.5 Å². The lowest BCUT2D eigenvalue weighted by atomic mass is 10.1. The molecule has 1 aromatic carbocycles. The zero-order valence-corrected chi connectivity index (χ0v) is 8.39. The summed E-state index contributed by atoms with van der Waals surface area (Å²) >= 11 is 0. The summed E-state index contributed by atoms with van der Waals surface area (Å²) in [5.41, 5.74) is 0.600. The van der Waals surface area contributed by atoms with E-state index in [0.29, 0.717) is 17.9 Å². The predicted octanol–water partition coefficient (Wildman–Crippen LogP) is 3.28. The molecule has 0 aromatic heterocycles. The normalized spacial score (nSPS) is 11.4. The molecule has 0 saturated carbocycles. The Morgan fingerprint density at radius 2 is 2.07 bits per heavy atom. The fraction of sp³-hybridized carbons (Fsp3) is 0.455. The van der Waals surface area contributed by atoms with Gasteiger partial charge in [-0.3, -0.25) is 0 Å². The Kier molecular flexibility index (Phi) is 3.44. The van der Waals surface area contributed by atoms with Gasteiger partial charge in [-0.15, -0.1) is 0 Å². The molecule has 0 spiro atoms. The topological polar surface area (TPSA) is 9.23 Å². The van der Waals surface area contributed by atoms with Crippen LogP contribution in [0, 0.1) is 0 Å². The van der Waals surface area contributed by atoms with Crippen LogP contribution < -0.4 is 4.74 Å². The Bertz CT molecular complexity index is 292. The van der Waals surface area contributed by atoms with Crippen molar-refractivity contribution in [3.8, 4) is 5.75 Å². The maximum atomic E-state index is 12.7. The van der Waals surface area contributed by atoms with E-state index in [1.54, 1.807) is 24.3 Å². The fourth-order valence-electron chi connectivity index (χ4n) is 1.27. The number of halogens is 2. The molecule has 0 aliphatic carbocycles. The number of alkyl halides is 2. The Morgan fingerprint density at radius 1 is 1.36 bits per heavy atom. The second-order valence-electron chi connectivity index (χ2n) is 3.33. The molecule has 0 atom stereocenters. The number of hydrogen-bond donors (Lipinski definition) is 0. The number of ether oxygens (including phenoxy) is 1. The molecular formula is C11H14F2O. The van der Waals surface area contributed by atoms with Gasteiger partial charge < -0.3 is 4.74 Å². The molecule has 0 unspecified atom stereocenters. The van der Waals surface area contributed by atoms with Crippen LogP contribution in [0.3, 0.4) is 0 Å². The molecule has 0 aliphatic heterocycles. The smallest absolute Gasteiger partial charge is 0.249 e. The van der Waals surface area contributed by atoms with E-state index in [0.717, 1.165) is 6.92 Å². The van der Waals surface area contributed by atoms with Gasteiger partial charge in [0.15, 0.2) is 0 Å². The lowest BCUT2D eigenvalue weighted by Crippen LogP contribution is -2.13. The van der Waals surface area contributed by atoms with E-state index in [-0.39, 0.29) is 6.42 Å². The molecule has 0 aliphatic rings. The molecule has 0 heterocycles. The summed E-state index contributed by atoms with van der Waals surface area (Å²) in [6.45, 7) is 3.33. The van der Waals surface area contributed by atoms with Gasteiger partial charge in [0.05, 0.1) is 6.61 Å². The average Bonchev–Trinajstić information content (AvgIpc) is 2.02. The highest BCUT2D eigenvalue weighted by Crippen LogP contribution is 2.21. The third-order valence-corrected chi connectivity index (χ3v) is 1.72. The summed E-state index contributed by atoms with van der Waals surface area (Å²) in [6, 6.07) is 6.83. The highest BCUT2D eigenvalue weighted by atomic mass is 19.3. The maximum Gasteiger partial charge on any atom is 0.249 e. The molecule has 1 rings (SSSR count). The van der Waals surface area contributed by atoms with Crippen molar-refractivity contribution in [1.29, 1.82) is 0 Å². The van der Waals surface area contributed by atoms with Gasteiger partial charge in [-0.25, -0.2) is 8.78 Å². The summed E-state index contributed by atoms with van der Waals surface area (Å²) < 4.78 is 30.6. The van der Waals surface area contributed by atoms with Gasteiger partial charge in [-0.1, -0.05) is 12.1 Å². The number of rotatable bonds is 4. The first-order chi connectivity index (χ1) is 6.51. The van der Waals surface area contributed by atoms with Gasteiger partial charge in [-0.2, -0.15) is 0 Å². The summed E-state index contributed by atoms with van der Waals surface area (Å²) in [5, 5.41) is 0. The van der Waals surface area contributed by atoms with Gasteiger partial charge in [0.25, 0.3) is 0 Å². The quantitative estimate of drug-likeness (QED) is 0.724. The van der Waals surface area contributed by atoms with E-state index < -0.39 is 5.92 Å². The van der Waals surface area contributed by atoms with Crippen LogP contribution in [0.4, 0.5) is 8.78 Å². The van der Waals surface area contributed by atoms with Gasteiger partial charge in [0, 0.05) is 6.42 Å². The third-order valence-electron chi connectivity index (χ3n) is 1.72. The first-order valence-electron chi connectivity index (χ1n) is 4.61. The van der Waals surface area contributed by atoms with Crippen LogP contribution in [0.25, 0.3) is 0 Å². The Labute approximate surface area is 82.7 Å². The first kappa shape index (κ1) is 11.0. The highest BCUT2D eigenvalue weighted by Gasteiger charge is 2.21. The summed E-state index contributed by atoms with van der Waals surface area (Å²) in [7, 11) is 0. The molecule has 1 aromatic rings.